The largest absolute Gasteiger partial charge is 0.339 e. The minimum Gasteiger partial charge on any atom is -0.339 e. The van der Waals surface area contributed by atoms with Crippen LogP contribution in [0.5, 0.6) is 0 Å². The maximum absolute atomic E-state index is 12.7. The van der Waals surface area contributed by atoms with Gasteiger partial charge in [0.05, 0.1) is 0 Å². The third kappa shape index (κ3) is 5.68. The van der Waals surface area contributed by atoms with Crippen molar-refractivity contribution in [3.05, 3.63) is 78.6 Å². The van der Waals surface area contributed by atoms with E-state index in [1.54, 1.807) is 24.0 Å². The van der Waals surface area contributed by atoms with Crippen LogP contribution in [-0.4, -0.2) is 39.4 Å². The number of aromatic nitrogens is 2. The average molecular weight is 447 g/mol. The van der Waals surface area contributed by atoms with E-state index in [2.05, 4.69) is 10.3 Å². The molecule has 32 heavy (non-hydrogen) atoms. The van der Waals surface area contributed by atoms with Gasteiger partial charge in [0, 0.05) is 55.1 Å². The minimum atomic E-state index is -0.0845. The SMILES string of the molecule is Cn1ccnc1Sc1ccc(NC(=O)C2CCN(C(=O)/C=C/c3ccccc3)CC2)cc1. The molecule has 2 heterocycles. The van der Waals surface area contributed by atoms with Crippen LogP contribution in [0.25, 0.3) is 6.08 Å². The molecule has 0 spiro atoms. The number of likely N-dealkylation sites (tertiary alicyclic amines) is 1. The third-order valence-corrected chi connectivity index (χ3v) is 6.59. The van der Waals surface area contributed by atoms with E-state index in [1.165, 1.54) is 0 Å². The van der Waals surface area contributed by atoms with Gasteiger partial charge in [-0.2, -0.15) is 0 Å². The number of amides is 2. The van der Waals surface area contributed by atoms with Crippen LogP contribution in [0.4, 0.5) is 5.69 Å². The molecule has 0 unspecified atom stereocenters. The quantitative estimate of drug-likeness (QED) is 0.568. The van der Waals surface area contributed by atoms with E-state index in [0.29, 0.717) is 25.9 Å². The lowest BCUT2D eigenvalue weighted by Crippen LogP contribution is -2.40. The highest BCUT2D eigenvalue weighted by atomic mass is 32.2. The molecule has 1 aromatic heterocycles. The molecule has 4 rings (SSSR count). The van der Waals surface area contributed by atoms with Crippen molar-refractivity contribution >= 4 is 35.3 Å². The Kier molecular flexibility index (Phi) is 7.07. The normalized spacial score (nSPS) is 14.6. The first-order chi connectivity index (χ1) is 15.6. The number of carbonyl (C=O) groups excluding carboxylic acids is 2. The van der Waals surface area contributed by atoms with Crippen molar-refractivity contribution in [1.29, 1.82) is 0 Å². The van der Waals surface area contributed by atoms with Crippen LogP contribution in [0.3, 0.4) is 0 Å². The Labute approximate surface area is 192 Å². The van der Waals surface area contributed by atoms with Gasteiger partial charge in [0.2, 0.25) is 11.8 Å². The fraction of sp³-hybridized carbons (Fsp3) is 0.240. The van der Waals surface area contributed by atoms with Crippen LogP contribution in [-0.2, 0) is 16.6 Å². The van der Waals surface area contributed by atoms with E-state index in [0.717, 1.165) is 21.3 Å². The van der Waals surface area contributed by atoms with Crippen molar-refractivity contribution in [2.75, 3.05) is 18.4 Å². The zero-order valence-corrected chi connectivity index (χ0v) is 18.8. The highest BCUT2D eigenvalue weighted by molar-refractivity contribution is 7.99. The number of imidazole rings is 1. The molecule has 0 aliphatic carbocycles. The number of hydrogen-bond donors (Lipinski definition) is 1. The Morgan fingerprint density at radius 1 is 1.06 bits per heavy atom. The van der Waals surface area contributed by atoms with Crippen molar-refractivity contribution in [2.45, 2.75) is 22.9 Å². The molecule has 164 valence electrons. The van der Waals surface area contributed by atoms with Gasteiger partial charge in [-0.25, -0.2) is 4.98 Å². The van der Waals surface area contributed by atoms with Gasteiger partial charge in [-0.05, 0) is 48.7 Å². The minimum absolute atomic E-state index is 0.00601. The van der Waals surface area contributed by atoms with Gasteiger partial charge < -0.3 is 14.8 Å². The second kappa shape index (κ2) is 10.3. The van der Waals surface area contributed by atoms with Gasteiger partial charge in [0.1, 0.15) is 0 Å². The number of piperidine rings is 1. The molecule has 0 atom stereocenters. The number of anilines is 1. The lowest BCUT2D eigenvalue weighted by atomic mass is 9.95. The maximum atomic E-state index is 12.7. The third-order valence-electron chi connectivity index (χ3n) is 5.50. The number of nitrogens with one attached hydrogen (secondary N) is 1. The Hall–Kier alpha value is -3.32. The Morgan fingerprint density at radius 2 is 1.78 bits per heavy atom. The molecule has 1 aliphatic heterocycles. The number of benzene rings is 2. The fourth-order valence-corrected chi connectivity index (χ4v) is 4.41. The molecule has 7 heteroatoms. The topological polar surface area (TPSA) is 67.2 Å². The number of aryl methyl sites for hydroxylation is 1. The summed E-state index contributed by atoms with van der Waals surface area (Å²) < 4.78 is 1.97. The van der Waals surface area contributed by atoms with Crippen LogP contribution in [0.1, 0.15) is 18.4 Å². The van der Waals surface area contributed by atoms with E-state index in [9.17, 15) is 9.59 Å². The molecule has 3 aromatic rings. The monoisotopic (exact) mass is 446 g/mol. The molecule has 1 aliphatic rings. The summed E-state index contributed by atoms with van der Waals surface area (Å²) in [4.78, 5) is 32.3. The molecular formula is C25H26N4O2S. The predicted molar refractivity (Wildman–Crippen MR) is 127 cm³/mol. The summed E-state index contributed by atoms with van der Waals surface area (Å²) in [5.74, 6) is -0.0753. The van der Waals surface area contributed by atoms with Crippen LogP contribution in [0, 0.1) is 5.92 Å². The summed E-state index contributed by atoms with van der Waals surface area (Å²) in [6.07, 6.45) is 8.47. The molecule has 2 aromatic carbocycles. The standard InChI is InChI=1S/C25H26N4O2S/c1-28-18-15-26-25(28)32-22-10-8-21(9-11-22)27-24(31)20-13-16-29(17-14-20)23(30)12-7-19-5-3-2-4-6-19/h2-12,15,18,20H,13-14,16-17H2,1H3,(H,27,31)/b12-7+. The van der Waals surface area contributed by atoms with Crippen molar-refractivity contribution in [2.24, 2.45) is 13.0 Å². The zero-order chi connectivity index (χ0) is 22.3. The van der Waals surface area contributed by atoms with E-state index < -0.39 is 0 Å². The Bertz CT molecular complexity index is 1080. The van der Waals surface area contributed by atoms with Gasteiger partial charge in [0.25, 0.3) is 0 Å². The number of nitrogens with zero attached hydrogens (tertiary/aromatic N) is 3. The highest BCUT2D eigenvalue weighted by Crippen LogP contribution is 2.27. The molecule has 0 bridgehead atoms. The van der Waals surface area contributed by atoms with Crippen LogP contribution >= 0.6 is 11.8 Å². The average Bonchev–Trinajstić information content (AvgIpc) is 3.23. The van der Waals surface area contributed by atoms with Crippen molar-refractivity contribution in [3.63, 3.8) is 0 Å². The number of hydrogen-bond acceptors (Lipinski definition) is 4. The summed E-state index contributed by atoms with van der Waals surface area (Å²) in [6.45, 7) is 1.19. The van der Waals surface area contributed by atoms with E-state index in [-0.39, 0.29) is 17.7 Å². The first-order valence-corrected chi connectivity index (χ1v) is 11.5. The molecule has 1 saturated heterocycles. The zero-order valence-electron chi connectivity index (χ0n) is 18.0. The van der Waals surface area contributed by atoms with Gasteiger partial charge in [-0.3, -0.25) is 9.59 Å². The molecule has 0 radical (unpaired) electrons. The lowest BCUT2D eigenvalue weighted by molar-refractivity contribution is -0.130. The van der Waals surface area contributed by atoms with E-state index in [4.69, 9.17) is 0 Å². The van der Waals surface area contributed by atoms with Crippen molar-refractivity contribution < 1.29 is 9.59 Å². The maximum Gasteiger partial charge on any atom is 0.246 e. The summed E-state index contributed by atoms with van der Waals surface area (Å²) >= 11 is 1.58. The van der Waals surface area contributed by atoms with Gasteiger partial charge in [-0.1, -0.05) is 42.1 Å². The highest BCUT2D eigenvalue weighted by Gasteiger charge is 2.26. The first-order valence-electron chi connectivity index (χ1n) is 10.7. The Morgan fingerprint density at radius 3 is 2.44 bits per heavy atom. The molecule has 0 saturated carbocycles. The predicted octanol–water partition coefficient (Wildman–Crippen LogP) is 4.46. The lowest BCUT2D eigenvalue weighted by Gasteiger charge is -2.30. The smallest absolute Gasteiger partial charge is 0.246 e. The molecule has 2 amide bonds. The number of rotatable bonds is 6. The Balaban J connectivity index is 1.25. The van der Waals surface area contributed by atoms with Gasteiger partial charge in [0.15, 0.2) is 5.16 Å². The summed E-state index contributed by atoms with van der Waals surface area (Å²) in [6, 6.07) is 17.6. The summed E-state index contributed by atoms with van der Waals surface area (Å²) in [7, 11) is 1.96. The van der Waals surface area contributed by atoms with E-state index >= 15 is 0 Å². The van der Waals surface area contributed by atoms with Crippen molar-refractivity contribution in [1.82, 2.24) is 14.5 Å². The van der Waals surface area contributed by atoms with Crippen LogP contribution in [0.15, 0.2) is 83.1 Å². The second-order valence-electron chi connectivity index (χ2n) is 7.78. The second-order valence-corrected chi connectivity index (χ2v) is 8.82. The van der Waals surface area contributed by atoms with Gasteiger partial charge >= 0.3 is 0 Å². The molecular weight excluding hydrogens is 420 g/mol. The first kappa shape index (κ1) is 21.9. The summed E-state index contributed by atoms with van der Waals surface area (Å²) in [5, 5.41) is 3.93. The van der Waals surface area contributed by atoms with E-state index in [1.807, 2.05) is 83.4 Å². The van der Waals surface area contributed by atoms with Crippen molar-refractivity contribution in [3.8, 4) is 0 Å². The molecule has 1 N–H and O–H groups in total. The molecule has 1 fully saturated rings. The number of carbonyl (C=O) groups is 2. The molecule has 6 nitrogen and oxygen atoms in total. The summed E-state index contributed by atoms with van der Waals surface area (Å²) in [5.41, 5.74) is 1.78. The van der Waals surface area contributed by atoms with Crippen LogP contribution in [0.2, 0.25) is 0 Å². The fourth-order valence-electron chi connectivity index (χ4n) is 3.61. The van der Waals surface area contributed by atoms with Crippen LogP contribution < -0.4 is 5.32 Å². The van der Waals surface area contributed by atoms with Gasteiger partial charge in [-0.15, -0.1) is 0 Å².